The first-order valence-electron chi connectivity index (χ1n) is 9.61. The monoisotopic (exact) mass is 411 g/mol. The van der Waals surface area contributed by atoms with Gasteiger partial charge >= 0.3 is 0 Å². The maximum Gasteiger partial charge on any atom is 0.252 e. The fraction of sp³-hybridized carbons (Fsp3) is 0.333. The van der Waals surface area contributed by atoms with Crippen molar-refractivity contribution in [2.75, 3.05) is 19.5 Å². The number of carbonyl (C=O) groups excluding carboxylic acids is 1. The Hall–Kier alpha value is -3.62. The Kier molecular flexibility index (Phi) is 6.51. The van der Waals surface area contributed by atoms with Gasteiger partial charge in [-0.15, -0.1) is 0 Å². The molecule has 9 nitrogen and oxygen atoms in total. The first kappa shape index (κ1) is 21.1. The van der Waals surface area contributed by atoms with Crippen LogP contribution in [0.2, 0.25) is 0 Å². The van der Waals surface area contributed by atoms with Crippen molar-refractivity contribution in [1.29, 1.82) is 0 Å². The van der Waals surface area contributed by atoms with E-state index in [0.29, 0.717) is 35.1 Å². The standard InChI is InChI=1S/C21H25N5O4/c1-5-6-15-12-20(28)24-21(22-15)26-18(9-13(2)25-26)23-19(27)11-14-7-8-16(29-3)17(10-14)30-4/h7-10,12H,5-6,11H2,1-4H3,(H,23,27)(H,22,24,28). The van der Waals surface area contributed by atoms with E-state index in [1.54, 1.807) is 45.4 Å². The summed E-state index contributed by atoms with van der Waals surface area (Å²) in [5, 5.41) is 7.21. The van der Waals surface area contributed by atoms with Crippen molar-refractivity contribution < 1.29 is 14.3 Å². The van der Waals surface area contributed by atoms with Crippen LogP contribution in [-0.2, 0) is 17.6 Å². The van der Waals surface area contributed by atoms with Crippen molar-refractivity contribution in [2.24, 2.45) is 0 Å². The fourth-order valence-electron chi connectivity index (χ4n) is 3.09. The molecule has 9 heteroatoms. The summed E-state index contributed by atoms with van der Waals surface area (Å²) < 4.78 is 11.9. The Bertz CT molecular complexity index is 1100. The minimum atomic E-state index is -0.265. The molecule has 0 radical (unpaired) electrons. The number of hydrogen-bond donors (Lipinski definition) is 2. The highest BCUT2D eigenvalue weighted by molar-refractivity contribution is 5.91. The number of anilines is 1. The third-order valence-electron chi connectivity index (χ3n) is 4.40. The van der Waals surface area contributed by atoms with E-state index >= 15 is 0 Å². The second-order valence-corrected chi connectivity index (χ2v) is 6.81. The summed E-state index contributed by atoms with van der Waals surface area (Å²) in [6.45, 7) is 3.81. The van der Waals surface area contributed by atoms with Crippen molar-refractivity contribution >= 4 is 11.7 Å². The van der Waals surface area contributed by atoms with Gasteiger partial charge in [-0.05, 0) is 31.0 Å². The third kappa shape index (κ3) is 4.86. The number of nitrogens with one attached hydrogen (secondary N) is 2. The predicted octanol–water partition coefficient (Wildman–Crippen LogP) is 2.41. The molecule has 0 unspecified atom stereocenters. The summed E-state index contributed by atoms with van der Waals surface area (Å²) >= 11 is 0. The molecule has 0 saturated carbocycles. The second-order valence-electron chi connectivity index (χ2n) is 6.81. The second kappa shape index (κ2) is 9.25. The fourth-order valence-corrected chi connectivity index (χ4v) is 3.09. The average molecular weight is 411 g/mol. The molecular formula is C21H25N5O4. The van der Waals surface area contributed by atoms with Gasteiger partial charge in [0.1, 0.15) is 5.82 Å². The van der Waals surface area contributed by atoms with Crippen molar-refractivity contribution in [3.05, 3.63) is 57.6 Å². The van der Waals surface area contributed by atoms with E-state index in [0.717, 1.165) is 12.0 Å². The Morgan fingerprint density at radius 2 is 1.93 bits per heavy atom. The molecule has 0 saturated heterocycles. The maximum atomic E-state index is 12.6. The first-order chi connectivity index (χ1) is 14.4. The minimum Gasteiger partial charge on any atom is -0.493 e. The number of nitrogens with zero attached hydrogens (tertiary/aromatic N) is 3. The molecule has 1 amide bonds. The smallest absolute Gasteiger partial charge is 0.252 e. The molecule has 0 atom stereocenters. The van der Waals surface area contributed by atoms with Crippen LogP contribution in [0.25, 0.3) is 5.95 Å². The van der Waals surface area contributed by atoms with Crippen molar-refractivity contribution in [3.63, 3.8) is 0 Å². The Balaban J connectivity index is 1.83. The lowest BCUT2D eigenvalue weighted by atomic mass is 10.1. The van der Waals surface area contributed by atoms with Gasteiger partial charge in [0.05, 0.1) is 26.3 Å². The highest BCUT2D eigenvalue weighted by Crippen LogP contribution is 2.27. The number of aryl methyl sites for hydroxylation is 2. The van der Waals surface area contributed by atoms with Crippen molar-refractivity contribution in [1.82, 2.24) is 19.7 Å². The van der Waals surface area contributed by atoms with Crippen LogP contribution in [0.4, 0.5) is 5.82 Å². The normalized spacial score (nSPS) is 10.7. The van der Waals surface area contributed by atoms with Gasteiger partial charge in [0.25, 0.3) is 5.56 Å². The number of H-pyrrole nitrogens is 1. The van der Waals surface area contributed by atoms with Crippen LogP contribution in [0.3, 0.4) is 0 Å². The predicted molar refractivity (Wildman–Crippen MR) is 113 cm³/mol. The number of ether oxygens (including phenoxy) is 2. The van der Waals surface area contributed by atoms with E-state index in [4.69, 9.17) is 9.47 Å². The van der Waals surface area contributed by atoms with E-state index < -0.39 is 0 Å². The molecule has 0 aliphatic carbocycles. The molecule has 2 heterocycles. The van der Waals surface area contributed by atoms with E-state index in [9.17, 15) is 9.59 Å². The SMILES string of the molecule is CCCc1cc(=O)[nH]c(-n2nc(C)cc2NC(=O)Cc2ccc(OC)c(OC)c2)n1. The summed E-state index contributed by atoms with van der Waals surface area (Å²) in [5.41, 5.74) is 1.86. The number of amides is 1. The van der Waals surface area contributed by atoms with Crippen LogP contribution in [0.1, 0.15) is 30.3 Å². The average Bonchev–Trinajstić information content (AvgIpc) is 3.07. The van der Waals surface area contributed by atoms with Gasteiger partial charge in [-0.1, -0.05) is 19.4 Å². The topological polar surface area (TPSA) is 111 Å². The molecule has 30 heavy (non-hydrogen) atoms. The summed E-state index contributed by atoms with van der Waals surface area (Å²) in [4.78, 5) is 31.8. The zero-order valence-corrected chi connectivity index (χ0v) is 17.5. The van der Waals surface area contributed by atoms with Crippen LogP contribution < -0.4 is 20.3 Å². The third-order valence-corrected chi connectivity index (χ3v) is 4.40. The zero-order valence-electron chi connectivity index (χ0n) is 17.5. The molecule has 0 aliphatic heterocycles. The van der Waals surface area contributed by atoms with Crippen LogP contribution in [0, 0.1) is 6.92 Å². The minimum absolute atomic E-state index is 0.129. The van der Waals surface area contributed by atoms with Gasteiger partial charge in [0.15, 0.2) is 11.5 Å². The van der Waals surface area contributed by atoms with E-state index in [1.165, 1.54) is 10.7 Å². The molecule has 0 bridgehead atoms. The first-order valence-corrected chi connectivity index (χ1v) is 9.61. The lowest BCUT2D eigenvalue weighted by Crippen LogP contribution is -2.20. The number of hydrogen-bond acceptors (Lipinski definition) is 6. The number of methoxy groups -OCH3 is 2. The lowest BCUT2D eigenvalue weighted by molar-refractivity contribution is -0.115. The van der Waals surface area contributed by atoms with Gasteiger partial charge in [-0.25, -0.2) is 4.98 Å². The number of rotatable bonds is 8. The number of aromatic amines is 1. The van der Waals surface area contributed by atoms with Gasteiger partial charge in [-0.2, -0.15) is 9.78 Å². The summed E-state index contributed by atoms with van der Waals surface area (Å²) in [6.07, 6.45) is 1.67. The van der Waals surface area contributed by atoms with Gasteiger partial charge < -0.3 is 14.8 Å². The molecule has 0 fully saturated rings. The van der Waals surface area contributed by atoms with Crippen LogP contribution in [-0.4, -0.2) is 39.9 Å². The summed E-state index contributed by atoms with van der Waals surface area (Å²) in [6, 6.07) is 8.51. The number of aromatic nitrogens is 4. The molecule has 158 valence electrons. The molecule has 3 aromatic rings. The largest absolute Gasteiger partial charge is 0.493 e. The van der Waals surface area contributed by atoms with Gasteiger partial charge in [0, 0.05) is 17.8 Å². The Morgan fingerprint density at radius 3 is 2.63 bits per heavy atom. The molecule has 0 aliphatic rings. The van der Waals surface area contributed by atoms with Crippen molar-refractivity contribution in [3.8, 4) is 17.4 Å². The summed E-state index contributed by atoms with van der Waals surface area (Å²) in [5.74, 6) is 1.60. The van der Waals surface area contributed by atoms with E-state index in [1.807, 2.05) is 6.92 Å². The molecule has 2 aromatic heterocycles. The van der Waals surface area contributed by atoms with Crippen LogP contribution in [0.5, 0.6) is 11.5 Å². The zero-order chi connectivity index (χ0) is 21.7. The molecule has 0 spiro atoms. The highest BCUT2D eigenvalue weighted by Gasteiger charge is 2.15. The molecule has 1 aromatic carbocycles. The van der Waals surface area contributed by atoms with Crippen LogP contribution >= 0.6 is 0 Å². The quantitative estimate of drug-likeness (QED) is 0.589. The van der Waals surface area contributed by atoms with Crippen LogP contribution in [0.15, 0.2) is 35.1 Å². The summed E-state index contributed by atoms with van der Waals surface area (Å²) in [7, 11) is 3.10. The number of benzene rings is 1. The highest BCUT2D eigenvalue weighted by atomic mass is 16.5. The van der Waals surface area contributed by atoms with Crippen molar-refractivity contribution in [2.45, 2.75) is 33.1 Å². The Labute approximate surface area is 174 Å². The van der Waals surface area contributed by atoms with E-state index in [2.05, 4.69) is 20.4 Å². The molecule has 2 N–H and O–H groups in total. The maximum absolute atomic E-state index is 12.6. The van der Waals surface area contributed by atoms with Gasteiger partial charge in [0.2, 0.25) is 11.9 Å². The lowest BCUT2D eigenvalue weighted by Gasteiger charge is -2.11. The van der Waals surface area contributed by atoms with E-state index in [-0.39, 0.29) is 23.8 Å². The molecular weight excluding hydrogens is 386 g/mol. The van der Waals surface area contributed by atoms with Gasteiger partial charge in [-0.3, -0.25) is 14.6 Å². The molecule has 3 rings (SSSR count). The Morgan fingerprint density at radius 1 is 1.17 bits per heavy atom. The number of carbonyl (C=O) groups is 1.